The molecule has 55 heavy (non-hydrogen) atoms. The SMILES string of the molecule is C=C1C[C@@H]2CCC(=O)C[C@H]3O[C@H]4[C@@H](O)[C@H]5O[C@H](CC[C@@H]5O[C@H]4[C@H]3O)CC(=O)OC3C[C@@H]4O[C@H](CCO)C(O)CC4O[C@H]3CC3O[C@@H](CCC1O2)C[C@@H](C)C3=C. The Morgan fingerprint density at radius 3 is 2.15 bits per heavy atom. The quantitative estimate of drug-likeness (QED) is 0.236. The summed E-state index contributed by atoms with van der Waals surface area (Å²) < 4.78 is 50.9. The molecule has 8 heterocycles. The molecule has 5 unspecified atom stereocenters. The Labute approximate surface area is 322 Å². The molecule has 0 aromatic rings. The van der Waals surface area contributed by atoms with Crippen LogP contribution < -0.4 is 0 Å². The number of rotatable bonds is 2. The Kier molecular flexibility index (Phi) is 12.2. The van der Waals surface area contributed by atoms with Crippen LogP contribution in [0.5, 0.6) is 0 Å². The van der Waals surface area contributed by atoms with E-state index in [-0.39, 0.29) is 68.4 Å². The first-order valence-corrected chi connectivity index (χ1v) is 20.7. The van der Waals surface area contributed by atoms with Gasteiger partial charge >= 0.3 is 5.97 Å². The molecule has 8 fully saturated rings. The highest BCUT2D eigenvalue weighted by atomic mass is 16.6. The third-order valence-corrected chi connectivity index (χ3v) is 13.5. The van der Waals surface area contributed by atoms with E-state index in [0.29, 0.717) is 44.9 Å². The van der Waals surface area contributed by atoms with Gasteiger partial charge in [-0.15, -0.1) is 0 Å². The van der Waals surface area contributed by atoms with Crippen molar-refractivity contribution < 1.29 is 67.9 Å². The minimum absolute atomic E-state index is 0.00312. The van der Waals surface area contributed by atoms with Gasteiger partial charge in [0.25, 0.3) is 0 Å². The van der Waals surface area contributed by atoms with E-state index in [1.54, 1.807) is 0 Å². The van der Waals surface area contributed by atoms with Gasteiger partial charge < -0.3 is 58.3 Å². The molecule has 14 nitrogen and oxygen atoms in total. The van der Waals surface area contributed by atoms with Gasteiger partial charge in [-0.25, -0.2) is 0 Å². The molecule has 0 spiro atoms. The predicted octanol–water partition coefficient (Wildman–Crippen LogP) is 2.14. The molecule has 0 saturated carbocycles. The van der Waals surface area contributed by atoms with E-state index < -0.39 is 91.4 Å². The van der Waals surface area contributed by atoms with Gasteiger partial charge in [0.15, 0.2) is 0 Å². The number of esters is 1. The second kappa shape index (κ2) is 16.8. The summed E-state index contributed by atoms with van der Waals surface area (Å²) in [6.07, 6.45) is -4.60. The number of ether oxygens (including phenoxy) is 8. The number of Topliss-reactive ketones (excluding diaryl/α,β-unsaturated/α-hetero) is 1. The molecule has 8 aliphatic rings. The van der Waals surface area contributed by atoms with Gasteiger partial charge in [-0.3, -0.25) is 9.59 Å². The number of carbonyl (C=O) groups is 2. The van der Waals surface area contributed by atoms with Gasteiger partial charge in [0, 0.05) is 38.7 Å². The van der Waals surface area contributed by atoms with Crippen molar-refractivity contribution in [1.82, 2.24) is 0 Å². The number of aliphatic hydroxyl groups is 4. The van der Waals surface area contributed by atoms with Gasteiger partial charge in [-0.05, 0) is 68.4 Å². The first-order valence-electron chi connectivity index (χ1n) is 20.7. The van der Waals surface area contributed by atoms with Crippen molar-refractivity contribution in [3.05, 3.63) is 24.3 Å². The van der Waals surface area contributed by atoms with Crippen LogP contribution in [0.2, 0.25) is 0 Å². The number of hydrogen-bond donors (Lipinski definition) is 4. The van der Waals surface area contributed by atoms with Crippen LogP contribution in [0.15, 0.2) is 24.3 Å². The maximum absolute atomic E-state index is 13.7. The molecule has 8 rings (SSSR count). The smallest absolute Gasteiger partial charge is 0.308 e. The zero-order chi connectivity index (χ0) is 38.5. The van der Waals surface area contributed by atoms with Crippen LogP contribution in [0.4, 0.5) is 0 Å². The fraction of sp³-hybridized carbons (Fsp3) is 0.854. The van der Waals surface area contributed by atoms with Crippen molar-refractivity contribution in [2.24, 2.45) is 5.92 Å². The fourth-order valence-electron chi connectivity index (χ4n) is 10.4. The van der Waals surface area contributed by atoms with Crippen LogP contribution in [-0.4, -0.2) is 149 Å². The van der Waals surface area contributed by atoms with Gasteiger partial charge in [-0.1, -0.05) is 20.1 Å². The van der Waals surface area contributed by atoms with E-state index in [2.05, 4.69) is 20.1 Å². The monoisotopic (exact) mass is 776 g/mol. The molecular weight excluding hydrogens is 716 g/mol. The van der Waals surface area contributed by atoms with Crippen LogP contribution in [-0.2, 0) is 47.5 Å². The first-order chi connectivity index (χ1) is 26.4. The van der Waals surface area contributed by atoms with E-state index in [9.17, 15) is 30.0 Å². The lowest BCUT2D eigenvalue weighted by Gasteiger charge is -2.48. The van der Waals surface area contributed by atoms with Crippen molar-refractivity contribution in [2.45, 2.75) is 207 Å². The summed E-state index contributed by atoms with van der Waals surface area (Å²) in [5, 5.41) is 43.0. The summed E-state index contributed by atoms with van der Waals surface area (Å²) in [5.41, 5.74) is 1.97. The van der Waals surface area contributed by atoms with Crippen molar-refractivity contribution in [2.75, 3.05) is 6.61 Å². The molecule has 0 aliphatic carbocycles. The maximum atomic E-state index is 13.7. The van der Waals surface area contributed by atoms with E-state index >= 15 is 0 Å². The second-order valence-electron chi connectivity index (χ2n) is 17.4. The summed E-state index contributed by atoms with van der Waals surface area (Å²) in [4.78, 5) is 26.9. The Morgan fingerprint density at radius 2 is 1.33 bits per heavy atom. The summed E-state index contributed by atoms with van der Waals surface area (Å²) in [6, 6.07) is 0. The summed E-state index contributed by atoms with van der Waals surface area (Å²) in [7, 11) is 0. The van der Waals surface area contributed by atoms with Crippen molar-refractivity contribution in [3.8, 4) is 0 Å². The highest BCUT2D eigenvalue weighted by molar-refractivity contribution is 5.79. The number of ketones is 1. The summed E-state index contributed by atoms with van der Waals surface area (Å²) in [5.74, 6) is -0.345. The topological polar surface area (TPSA) is 189 Å². The molecule has 8 bridgehead atoms. The molecule has 0 radical (unpaired) electrons. The van der Waals surface area contributed by atoms with Crippen molar-refractivity contribution >= 4 is 11.8 Å². The van der Waals surface area contributed by atoms with E-state index in [1.165, 1.54) is 0 Å². The van der Waals surface area contributed by atoms with E-state index in [0.717, 1.165) is 30.4 Å². The first kappa shape index (κ1) is 40.0. The molecule has 0 amide bonds. The predicted molar refractivity (Wildman–Crippen MR) is 193 cm³/mol. The minimum atomic E-state index is -1.13. The van der Waals surface area contributed by atoms with Crippen LogP contribution in [0.3, 0.4) is 0 Å². The fourth-order valence-corrected chi connectivity index (χ4v) is 10.4. The molecule has 19 atom stereocenters. The molecule has 308 valence electrons. The molecule has 8 aliphatic heterocycles. The lowest BCUT2D eigenvalue weighted by atomic mass is 9.83. The number of aliphatic hydroxyl groups excluding tert-OH is 4. The van der Waals surface area contributed by atoms with Crippen LogP contribution in [0.25, 0.3) is 0 Å². The van der Waals surface area contributed by atoms with Crippen molar-refractivity contribution in [3.63, 3.8) is 0 Å². The molecule has 0 aromatic carbocycles. The third kappa shape index (κ3) is 8.52. The van der Waals surface area contributed by atoms with Gasteiger partial charge in [0.1, 0.15) is 42.4 Å². The number of hydrogen-bond acceptors (Lipinski definition) is 14. The highest BCUT2D eigenvalue weighted by Crippen LogP contribution is 2.42. The second-order valence-corrected chi connectivity index (χ2v) is 17.4. The van der Waals surface area contributed by atoms with Crippen molar-refractivity contribution in [1.29, 1.82) is 0 Å². The molecule has 4 N–H and O–H groups in total. The molecule has 14 heteroatoms. The lowest BCUT2D eigenvalue weighted by molar-refractivity contribution is -0.263. The highest BCUT2D eigenvalue weighted by Gasteiger charge is 2.57. The van der Waals surface area contributed by atoms with Crippen LogP contribution >= 0.6 is 0 Å². The largest absolute Gasteiger partial charge is 0.459 e. The minimum Gasteiger partial charge on any atom is -0.459 e. The van der Waals surface area contributed by atoms with Crippen LogP contribution in [0.1, 0.15) is 96.8 Å². The number of carbonyl (C=O) groups excluding carboxylic acids is 2. The van der Waals surface area contributed by atoms with Gasteiger partial charge in [0.2, 0.25) is 0 Å². The molecule has 8 saturated heterocycles. The zero-order valence-corrected chi connectivity index (χ0v) is 31.9. The average molecular weight is 777 g/mol. The van der Waals surface area contributed by atoms with E-state index in [1.807, 2.05) is 0 Å². The Morgan fingerprint density at radius 1 is 0.618 bits per heavy atom. The summed E-state index contributed by atoms with van der Waals surface area (Å²) in [6.45, 7) is 10.7. The Bertz CT molecular complexity index is 1420. The van der Waals surface area contributed by atoms with Crippen LogP contribution in [0, 0.1) is 5.92 Å². The number of fused-ring (bicyclic) bond motifs is 8. The molecule has 0 aromatic heterocycles. The maximum Gasteiger partial charge on any atom is 0.308 e. The molecular formula is C41H60O14. The zero-order valence-electron chi connectivity index (χ0n) is 31.9. The third-order valence-electron chi connectivity index (χ3n) is 13.5. The Balaban J connectivity index is 1.02. The lowest BCUT2D eigenvalue weighted by Crippen LogP contribution is -2.61. The standard InChI is InChI=1S/C41H60O14/c1-19-12-24-6-8-27-20(2)13-23(48-27)5-4-22(43)14-35-37(46)40-41(55-35)38(47)39-29(54-40)9-7-25(50-39)15-36(45)53-34-18-33-31(16-26(44)28(51-33)10-11-42)52-32(34)17-30(49-24)21(19)3/h19,23-35,37-42,44,46-47H,2-18H2,1H3/t19-,23+,24+,25-,26?,27?,28-,29+,30?,31?,32+,33+,34?,35-,37+,38+,39+,40+,41+/m1/s1. The van der Waals surface area contributed by atoms with Gasteiger partial charge in [0.05, 0.1) is 79.7 Å². The summed E-state index contributed by atoms with van der Waals surface area (Å²) >= 11 is 0. The van der Waals surface area contributed by atoms with E-state index in [4.69, 9.17) is 37.9 Å². The Hall–Kier alpha value is -1.82. The average Bonchev–Trinajstić information content (AvgIpc) is 3.66. The van der Waals surface area contributed by atoms with Gasteiger partial charge in [-0.2, -0.15) is 0 Å². The normalized spacial score (nSPS) is 49.8.